The van der Waals surface area contributed by atoms with Crippen LogP contribution >= 0.6 is 7.14 Å². The summed E-state index contributed by atoms with van der Waals surface area (Å²) >= 11 is 0. The van der Waals surface area contributed by atoms with Crippen molar-refractivity contribution in [1.82, 2.24) is 20.2 Å². The van der Waals surface area contributed by atoms with Crippen LogP contribution in [0.25, 0.3) is 10.8 Å². The molecule has 7 nitrogen and oxygen atoms in total. The van der Waals surface area contributed by atoms with Crippen molar-refractivity contribution >= 4 is 29.2 Å². The number of aromatic nitrogens is 4. The summed E-state index contributed by atoms with van der Waals surface area (Å²) in [5.74, 6) is 0.157. The van der Waals surface area contributed by atoms with E-state index >= 15 is 0 Å². The molecule has 0 bridgehead atoms. The zero-order valence-corrected chi connectivity index (χ0v) is 18.1. The average Bonchev–Trinajstić information content (AvgIpc) is 2.83. The van der Waals surface area contributed by atoms with Crippen LogP contribution in [0.4, 0.5) is 10.3 Å². The van der Waals surface area contributed by atoms with E-state index in [9.17, 15) is 13.8 Å². The number of benzene rings is 2. The highest BCUT2D eigenvalue weighted by molar-refractivity contribution is 7.71. The first kappa shape index (κ1) is 20.5. The Balaban J connectivity index is 1.42. The van der Waals surface area contributed by atoms with Crippen LogP contribution in [-0.2, 0) is 11.0 Å². The van der Waals surface area contributed by atoms with Gasteiger partial charge in [-0.1, -0.05) is 24.3 Å². The Kier molecular flexibility index (Phi) is 5.31. The van der Waals surface area contributed by atoms with Gasteiger partial charge in [0.15, 0.2) is 0 Å². The van der Waals surface area contributed by atoms with Crippen LogP contribution in [0.15, 0.2) is 65.7 Å². The molecule has 0 saturated carbocycles. The van der Waals surface area contributed by atoms with E-state index in [2.05, 4.69) is 20.2 Å². The molecule has 0 unspecified atom stereocenters. The van der Waals surface area contributed by atoms with E-state index in [-0.39, 0.29) is 10.9 Å². The molecule has 162 valence electrons. The SMILES string of the molecule is O=c1[nH]nc(Cc2ccc(F)c(P3(=O)CCN(c4ncccn4)CC3)c2)c2ccccc12. The number of hydrogen-bond acceptors (Lipinski definition) is 6. The normalized spacial score (nSPS) is 15.7. The second-order valence-corrected chi connectivity index (χ2v) is 11.0. The van der Waals surface area contributed by atoms with Crippen LogP contribution in [0.3, 0.4) is 0 Å². The number of aromatic amines is 1. The highest BCUT2D eigenvalue weighted by Gasteiger charge is 2.33. The highest BCUT2D eigenvalue weighted by Crippen LogP contribution is 2.47. The Morgan fingerprint density at radius 3 is 2.47 bits per heavy atom. The summed E-state index contributed by atoms with van der Waals surface area (Å²) in [4.78, 5) is 22.5. The number of nitrogens with zero attached hydrogens (tertiary/aromatic N) is 4. The molecule has 5 rings (SSSR count). The van der Waals surface area contributed by atoms with Crippen LogP contribution in [-0.4, -0.2) is 45.6 Å². The molecular formula is C23H21FN5O2P. The fourth-order valence-corrected chi connectivity index (χ4v) is 6.86. The van der Waals surface area contributed by atoms with E-state index in [1.807, 2.05) is 17.0 Å². The molecule has 1 aliphatic heterocycles. The fourth-order valence-electron chi connectivity index (χ4n) is 4.16. The molecule has 4 aromatic rings. The lowest BCUT2D eigenvalue weighted by Crippen LogP contribution is -2.38. The molecule has 1 fully saturated rings. The van der Waals surface area contributed by atoms with Crippen molar-refractivity contribution in [1.29, 1.82) is 0 Å². The Labute approximate surface area is 183 Å². The first-order valence-corrected chi connectivity index (χ1v) is 12.5. The van der Waals surface area contributed by atoms with Crippen LogP contribution in [0.1, 0.15) is 11.3 Å². The van der Waals surface area contributed by atoms with Crippen molar-refractivity contribution in [3.8, 4) is 0 Å². The molecule has 2 aromatic carbocycles. The third kappa shape index (κ3) is 3.82. The Morgan fingerprint density at radius 2 is 1.72 bits per heavy atom. The molecule has 0 spiro atoms. The number of nitrogens with one attached hydrogen (secondary N) is 1. The zero-order valence-electron chi connectivity index (χ0n) is 17.2. The van der Waals surface area contributed by atoms with Crippen LogP contribution < -0.4 is 15.8 Å². The van der Waals surface area contributed by atoms with Crippen LogP contribution in [0.2, 0.25) is 0 Å². The van der Waals surface area contributed by atoms with Gasteiger partial charge >= 0.3 is 0 Å². The Hall–Kier alpha value is -3.38. The summed E-state index contributed by atoms with van der Waals surface area (Å²) in [5, 5.41) is 8.34. The number of H-pyrrole nitrogens is 1. The van der Waals surface area contributed by atoms with E-state index in [4.69, 9.17) is 0 Å². The van der Waals surface area contributed by atoms with E-state index in [1.165, 1.54) is 6.07 Å². The van der Waals surface area contributed by atoms with Gasteiger partial charge in [-0.2, -0.15) is 5.10 Å². The Morgan fingerprint density at radius 1 is 1.00 bits per heavy atom. The van der Waals surface area contributed by atoms with Crippen molar-refractivity contribution in [3.63, 3.8) is 0 Å². The summed E-state index contributed by atoms with van der Waals surface area (Å²) in [7, 11) is -2.90. The largest absolute Gasteiger partial charge is 0.340 e. The van der Waals surface area contributed by atoms with Gasteiger partial charge in [0.1, 0.15) is 13.0 Å². The highest BCUT2D eigenvalue weighted by atomic mass is 31.2. The first-order valence-electron chi connectivity index (χ1n) is 10.4. The van der Waals surface area contributed by atoms with Gasteiger partial charge in [0.05, 0.1) is 11.1 Å². The number of rotatable bonds is 4. The van der Waals surface area contributed by atoms with Gasteiger partial charge in [0, 0.05) is 54.9 Å². The Bertz CT molecular complexity index is 1380. The number of hydrogen-bond donors (Lipinski definition) is 1. The summed E-state index contributed by atoms with van der Waals surface area (Å²) in [5.41, 5.74) is 1.24. The average molecular weight is 449 g/mol. The van der Waals surface area contributed by atoms with Gasteiger partial charge in [-0.15, -0.1) is 0 Å². The van der Waals surface area contributed by atoms with Crippen molar-refractivity contribution in [2.45, 2.75) is 6.42 Å². The monoisotopic (exact) mass is 449 g/mol. The van der Waals surface area contributed by atoms with E-state index in [0.29, 0.717) is 48.9 Å². The van der Waals surface area contributed by atoms with E-state index in [1.54, 1.807) is 42.7 Å². The van der Waals surface area contributed by atoms with Gasteiger partial charge in [0.2, 0.25) is 5.95 Å². The van der Waals surface area contributed by atoms with Gasteiger partial charge in [0.25, 0.3) is 5.56 Å². The van der Waals surface area contributed by atoms with Gasteiger partial charge < -0.3 is 9.46 Å². The van der Waals surface area contributed by atoms with Gasteiger partial charge in [-0.25, -0.2) is 19.5 Å². The molecule has 1 N–H and O–H groups in total. The summed E-state index contributed by atoms with van der Waals surface area (Å²) < 4.78 is 28.5. The maximum atomic E-state index is 14.8. The number of anilines is 1. The molecule has 9 heteroatoms. The maximum Gasteiger partial charge on any atom is 0.272 e. The predicted octanol–water partition coefficient (Wildman–Crippen LogP) is 2.95. The smallest absolute Gasteiger partial charge is 0.272 e. The van der Waals surface area contributed by atoms with Crippen molar-refractivity contribution in [2.24, 2.45) is 0 Å². The number of fused-ring (bicyclic) bond motifs is 1. The molecule has 0 atom stereocenters. The van der Waals surface area contributed by atoms with Gasteiger partial charge in [-0.3, -0.25) is 4.79 Å². The van der Waals surface area contributed by atoms with Gasteiger partial charge in [-0.05, 0) is 29.8 Å². The quantitative estimate of drug-likeness (QED) is 0.482. The standard InChI is InChI=1S/C23H21FN5O2P/c24-19-7-6-16(14-20-17-4-1-2-5-18(17)22(30)28-27-20)15-21(19)32(31)12-10-29(11-13-32)23-25-8-3-9-26-23/h1-9,15H,10-14H2,(H,28,30). The molecule has 3 heterocycles. The van der Waals surface area contributed by atoms with Crippen molar-refractivity contribution in [3.05, 3.63) is 88.4 Å². The molecule has 2 aromatic heterocycles. The summed E-state index contributed by atoms with van der Waals surface area (Å²) in [6.45, 7) is 1.02. The predicted molar refractivity (Wildman–Crippen MR) is 123 cm³/mol. The zero-order chi connectivity index (χ0) is 22.1. The minimum absolute atomic E-state index is 0.247. The van der Waals surface area contributed by atoms with E-state index < -0.39 is 13.0 Å². The van der Waals surface area contributed by atoms with Crippen molar-refractivity contribution in [2.75, 3.05) is 30.3 Å². The second-order valence-electron chi connectivity index (χ2n) is 7.88. The molecule has 0 radical (unpaired) electrons. The first-order chi connectivity index (χ1) is 15.5. The molecule has 1 saturated heterocycles. The lowest BCUT2D eigenvalue weighted by molar-refractivity contribution is 0.570. The minimum Gasteiger partial charge on any atom is -0.340 e. The topological polar surface area (TPSA) is 91.8 Å². The van der Waals surface area contributed by atoms with Crippen LogP contribution in [0.5, 0.6) is 0 Å². The fraction of sp³-hybridized carbons (Fsp3) is 0.217. The minimum atomic E-state index is -2.90. The third-order valence-corrected chi connectivity index (χ3v) is 8.96. The maximum absolute atomic E-state index is 14.8. The molecular weight excluding hydrogens is 428 g/mol. The number of halogens is 1. The molecule has 1 aliphatic rings. The van der Waals surface area contributed by atoms with E-state index in [0.717, 1.165) is 10.9 Å². The molecule has 0 amide bonds. The molecule has 32 heavy (non-hydrogen) atoms. The summed E-state index contributed by atoms with van der Waals surface area (Å²) in [6, 6.07) is 13.8. The lowest BCUT2D eigenvalue weighted by Gasteiger charge is -2.32. The van der Waals surface area contributed by atoms with Crippen molar-refractivity contribution < 1.29 is 8.96 Å². The molecule has 0 aliphatic carbocycles. The third-order valence-electron chi connectivity index (χ3n) is 5.89. The summed E-state index contributed by atoms with van der Waals surface area (Å²) in [6.07, 6.45) is 4.48. The lowest BCUT2D eigenvalue weighted by atomic mass is 10.0. The van der Waals surface area contributed by atoms with Crippen LogP contribution in [0, 0.1) is 5.82 Å². The second kappa shape index (κ2) is 8.28.